The van der Waals surface area contributed by atoms with Crippen LogP contribution in [0, 0.1) is 0 Å². The largest absolute Gasteiger partial charge is 0.492 e. The van der Waals surface area contributed by atoms with E-state index in [1.54, 1.807) is 6.20 Å². The summed E-state index contributed by atoms with van der Waals surface area (Å²) in [5.41, 5.74) is 0. The molecule has 0 bridgehead atoms. The van der Waals surface area contributed by atoms with E-state index in [0.717, 1.165) is 57.1 Å². The van der Waals surface area contributed by atoms with Crippen molar-refractivity contribution in [2.45, 2.75) is 31.7 Å². The van der Waals surface area contributed by atoms with Crippen LogP contribution in [0.2, 0.25) is 0 Å². The summed E-state index contributed by atoms with van der Waals surface area (Å²) in [6.07, 6.45) is 6.59. The number of para-hydroxylation sites is 1. The molecule has 0 radical (unpaired) electrons. The fraction of sp³-hybridized carbons (Fsp3) is 0.545. The summed E-state index contributed by atoms with van der Waals surface area (Å²) in [6.45, 7) is 5.77. The Morgan fingerprint density at radius 2 is 1.76 bits per heavy atom. The molecule has 1 amide bonds. The highest BCUT2D eigenvalue weighted by Crippen LogP contribution is 2.31. The lowest BCUT2D eigenvalue weighted by Gasteiger charge is -2.34. The van der Waals surface area contributed by atoms with Crippen molar-refractivity contribution in [2.24, 2.45) is 0 Å². The number of rotatable bonds is 8. The highest BCUT2D eigenvalue weighted by Gasteiger charge is 2.22. The molecule has 156 valence electrons. The number of ether oxygens (including phenoxy) is 1. The zero-order valence-electron chi connectivity index (χ0n) is 17.0. The smallest absolute Gasteiger partial charge is 0.239 e. The first kappa shape index (κ1) is 19.9. The predicted molar refractivity (Wildman–Crippen MR) is 113 cm³/mol. The molecule has 2 fully saturated rings. The van der Waals surface area contributed by atoms with Crippen LogP contribution in [0.5, 0.6) is 5.75 Å². The Hall–Kier alpha value is -2.38. The van der Waals surface area contributed by atoms with Crippen molar-refractivity contribution >= 4 is 11.7 Å². The molecule has 0 atom stereocenters. The number of nitrogens with zero attached hydrogens (tertiary/aromatic N) is 4. The number of benzene rings is 1. The highest BCUT2D eigenvalue weighted by molar-refractivity contribution is 5.91. The summed E-state index contributed by atoms with van der Waals surface area (Å²) in [4.78, 5) is 17.1. The van der Waals surface area contributed by atoms with E-state index < -0.39 is 0 Å². The van der Waals surface area contributed by atoms with Crippen molar-refractivity contribution in [2.75, 3.05) is 51.2 Å². The molecular weight excluding hydrogens is 366 g/mol. The summed E-state index contributed by atoms with van der Waals surface area (Å²) in [5.74, 6) is 1.80. The molecule has 1 saturated heterocycles. The SMILES string of the molecule is O=C(CN1CCN(CCOc2ccccc2)CC1)Nc1ccnn1C1CCCC1. The maximum absolute atomic E-state index is 12.5. The summed E-state index contributed by atoms with van der Waals surface area (Å²) < 4.78 is 7.78. The van der Waals surface area contributed by atoms with Gasteiger partial charge < -0.3 is 10.1 Å². The van der Waals surface area contributed by atoms with Gasteiger partial charge in [0, 0.05) is 38.8 Å². The highest BCUT2D eigenvalue weighted by atomic mass is 16.5. The third-order valence-corrected chi connectivity index (χ3v) is 5.86. The minimum absolute atomic E-state index is 0.0469. The molecule has 1 N–H and O–H groups in total. The van der Waals surface area contributed by atoms with Crippen molar-refractivity contribution < 1.29 is 9.53 Å². The maximum Gasteiger partial charge on any atom is 0.239 e. The Bertz CT molecular complexity index is 765. The van der Waals surface area contributed by atoms with Gasteiger partial charge in [0.1, 0.15) is 18.2 Å². The monoisotopic (exact) mass is 397 g/mol. The topological polar surface area (TPSA) is 62.6 Å². The minimum atomic E-state index is 0.0469. The molecule has 7 heteroatoms. The average Bonchev–Trinajstić information content (AvgIpc) is 3.42. The molecule has 2 aliphatic rings. The van der Waals surface area contributed by atoms with Crippen molar-refractivity contribution in [1.82, 2.24) is 19.6 Å². The van der Waals surface area contributed by atoms with E-state index in [0.29, 0.717) is 19.2 Å². The molecule has 0 unspecified atom stereocenters. The molecular formula is C22H31N5O2. The molecule has 7 nitrogen and oxygen atoms in total. The number of carbonyl (C=O) groups is 1. The fourth-order valence-corrected chi connectivity index (χ4v) is 4.22. The number of nitrogens with one attached hydrogen (secondary N) is 1. The van der Waals surface area contributed by atoms with Crippen LogP contribution < -0.4 is 10.1 Å². The van der Waals surface area contributed by atoms with E-state index in [9.17, 15) is 4.79 Å². The number of anilines is 1. The van der Waals surface area contributed by atoms with Gasteiger partial charge in [-0.05, 0) is 25.0 Å². The first-order valence-corrected chi connectivity index (χ1v) is 10.7. The zero-order chi connectivity index (χ0) is 19.9. The first-order valence-electron chi connectivity index (χ1n) is 10.7. The second kappa shape index (κ2) is 9.89. The Morgan fingerprint density at radius 1 is 1.03 bits per heavy atom. The van der Waals surface area contributed by atoms with E-state index in [1.807, 2.05) is 41.1 Å². The quantitative estimate of drug-likeness (QED) is 0.742. The lowest BCUT2D eigenvalue weighted by atomic mass is 10.2. The van der Waals surface area contributed by atoms with Crippen molar-refractivity contribution in [3.63, 3.8) is 0 Å². The third-order valence-electron chi connectivity index (χ3n) is 5.86. The average molecular weight is 398 g/mol. The van der Waals surface area contributed by atoms with Crippen LogP contribution in [0.25, 0.3) is 0 Å². The standard InChI is InChI=1S/C22H31N5O2/c28-22(24-21-10-11-23-27(21)19-6-4-5-7-19)18-26-14-12-25(13-15-26)16-17-29-20-8-2-1-3-9-20/h1-3,8-11,19H,4-7,12-18H2,(H,24,28). The van der Waals surface area contributed by atoms with Crippen LogP contribution in [0.1, 0.15) is 31.7 Å². The lowest BCUT2D eigenvalue weighted by Crippen LogP contribution is -2.49. The predicted octanol–water partition coefficient (Wildman–Crippen LogP) is 2.63. The first-order chi connectivity index (χ1) is 14.3. The molecule has 2 heterocycles. The van der Waals surface area contributed by atoms with Gasteiger partial charge in [0.2, 0.25) is 5.91 Å². The molecule has 1 aromatic carbocycles. The second-order valence-electron chi connectivity index (χ2n) is 7.93. The second-order valence-corrected chi connectivity index (χ2v) is 7.93. The van der Waals surface area contributed by atoms with Crippen LogP contribution in [0.3, 0.4) is 0 Å². The van der Waals surface area contributed by atoms with E-state index >= 15 is 0 Å². The number of piperazine rings is 1. The maximum atomic E-state index is 12.5. The van der Waals surface area contributed by atoms with Crippen LogP contribution in [-0.4, -0.2) is 71.4 Å². The van der Waals surface area contributed by atoms with Crippen LogP contribution in [-0.2, 0) is 4.79 Å². The summed E-state index contributed by atoms with van der Waals surface area (Å²) >= 11 is 0. The number of carbonyl (C=O) groups excluding carboxylic acids is 1. The van der Waals surface area contributed by atoms with Gasteiger partial charge in [0.15, 0.2) is 0 Å². The molecule has 2 aromatic rings. The van der Waals surface area contributed by atoms with Crippen LogP contribution in [0.4, 0.5) is 5.82 Å². The lowest BCUT2D eigenvalue weighted by molar-refractivity contribution is -0.117. The van der Waals surface area contributed by atoms with Gasteiger partial charge in [-0.3, -0.25) is 14.6 Å². The number of aromatic nitrogens is 2. The summed E-state index contributed by atoms with van der Waals surface area (Å²) in [7, 11) is 0. The Balaban J connectivity index is 1.16. The van der Waals surface area contributed by atoms with Gasteiger partial charge >= 0.3 is 0 Å². The number of amides is 1. The van der Waals surface area contributed by atoms with Gasteiger partial charge in [0.25, 0.3) is 0 Å². The van der Waals surface area contributed by atoms with E-state index in [1.165, 1.54) is 12.8 Å². The zero-order valence-corrected chi connectivity index (χ0v) is 17.0. The van der Waals surface area contributed by atoms with Gasteiger partial charge in [-0.25, -0.2) is 4.68 Å². The molecule has 29 heavy (non-hydrogen) atoms. The van der Waals surface area contributed by atoms with Gasteiger partial charge in [-0.15, -0.1) is 0 Å². The summed E-state index contributed by atoms with van der Waals surface area (Å²) in [5, 5.41) is 7.49. The van der Waals surface area contributed by atoms with Crippen molar-refractivity contribution in [3.8, 4) is 5.75 Å². The Morgan fingerprint density at radius 3 is 2.52 bits per heavy atom. The van der Waals surface area contributed by atoms with Crippen molar-refractivity contribution in [3.05, 3.63) is 42.6 Å². The van der Waals surface area contributed by atoms with Gasteiger partial charge in [0.05, 0.1) is 18.8 Å². The number of hydrogen-bond acceptors (Lipinski definition) is 5. The molecule has 1 aliphatic carbocycles. The molecule has 4 rings (SSSR count). The molecule has 1 saturated carbocycles. The van der Waals surface area contributed by atoms with Crippen molar-refractivity contribution in [1.29, 1.82) is 0 Å². The van der Waals surface area contributed by atoms with E-state index in [-0.39, 0.29) is 5.91 Å². The minimum Gasteiger partial charge on any atom is -0.492 e. The van der Waals surface area contributed by atoms with Crippen LogP contribution in [0.15, 0.2) is 42.6 Å². The van der Waals surface area contributed by atoms with Gasteiger partial charge in [-0.1, -0.05) is 31.0 Å². The van der Waals surface area contributed by atoms with Crippen LogP contribution >= 0.6 is 0 Å². The van der Waals surface area contributed by atoms with E-state index in [4.69, 9.17) is 4.74 Å². The molecule has 0 spiro atoms. The Kier molecular flexibility index (Phi) is 6.79. The van der Waals surface area contributed by atoms with Gasteiger partial charge in [-0.2, -0.15) is 5.10 Å². The fourth-order valence-electron chi connectivity index (χ4n) is 4.22. The third kappa shape index (κ3) is 5.58. The Labute approximate surface area is 172 Å². The molecule has 1 aliphatic heterocycles. The number of hydrogen-bond donors (Lipinski definition) is 1. The summed E-state index contributed by atoms with van der Waals surface area (Å²) in [6, 6.07) is 12.3. The van der Waals surface area contributed by atoms with E-state index in [2.05, 4.69) is 20.2 Å². The molecule has 1 aromatic heterocycles. The normalized spacial score (nSPS) is 18.8.